The zero-order chi connectivity index (χ0) is 80.5. The second kappa shape index (κ2) is 37.4. The van der Waals surface area contributed by atoms with Crippen LogP contribution >= 0.6 is 90.6 Å². The Labute approximate surface area is 719 Å². The van der Waals surface area contributed by atoms with Gasteiger partial charge in [0, 0.05) is 119 Å². The topological polar surface area (TPSA) is 189 Å². The van der Waals surface area contributed by atoms with Crippen LogP contribution in [0.1, 0.15) is 165 Å². The third kappa shape index (κ3) is 19.0. The Balaban J connectivity index is 0.000000106. The van der Waals surface area contributed by atoms with Crippen LogP contribution in [-0.4, -0.2) is 59.2 Å². The fourth-order valence-corrected chi connectivity index (χ4v) is 22.8. The number of carbonyl (C=O) groups is 3. The summed E-state index contributed by atoms with van der Waals surface area (Å²) in [7, 11) is 0. The van der Waals surface area contributed by atoms with Crippen molar-refractivity contribution in [2.75, 3.05) is 0 Å². The molecule has 0 atom stereocenters. The number of carbonyl (C=O) groups excluding carboxylic acids is 3. The van der Waals surface area contributed by atoms with Crippen molar-refractivity contribution < 1.29 is 14.4 Å². The first-order chi connectivity index (χ1) is 57.1. The van der Waals surface area contributed by atoms with E-state index in [2.05, 4.69) is 151 Å². The van der Waals surface area contributed by atoms with E-state index in [4.69, 9.17) is 26.2 Å². The largest absolute Gasteiger partial charge is 0.313 e. The predicted molar refractivity (Wildman–Crippen MR) is 488 cm³/mol. The van der Waals surface area contributed by atoms with Gasteiger partial charge in [0.05, 0.1) is 36.7 Å². The van der Waals surface area contributed by atoms with E-state index < -0.39 is 0 Å². The first kappa shape index (κ1) is 80.9. The molecule has 0 spiro atoms. The summed E-state index contributed by atoms with van der Waals surface area (Å²) in [6.07, 6.45) is 30.0. The highest BCUT2D eigenvalue weighted by molar-refractivity contribution is 14.1. The molecule has 9 heterocycles. The number of Topliss-reactive ketones (excluding diaryl/α,β-unsaturated/α-hetero) is 3. The number of nitrogens with one attached hydrogen (secondary N) is 3. The highest BCUT2D eigenvalue weighted by atomic mass is 127. The van der Waals surface area contributed by atoms with Crippen molar-refractivity contribution in [2.45, 2.75) is 169 Å². The van der Waals surface area contributed by atoms with E-state index in [1.54, 1.807) is 21.1 Å². The molecule has 117 heavy (non-hydrogen) atoms. The van der Waals surface area contributed by atoms with Crippen molar-refractivity contribution in [1.82, 2.24) is 41.9 Å². The maximum atomic E-state index is 12.7. The normalized spacial score (nSPS) is 13.8. The summed E-state index contributed by atoms with van der Waals surface area (Å²) in [6.45, 7) is 7.10. The van der Waals surface area contributed by atoms with Gasteiger partial charge < -0.3 is 13.7 Å². The molecule has 0 radical (unpaired) electrons. The molecule has 5 aliphatic carbocycles. The van der Waals surface area contributed by atoms with Crippen molar-refractivity contribution in [3.8, 4) is 44.9 Å². The maximum Gasteiger partial charge on any atom is 0.194 e. The number of aryl methyl sites for hydroxylation is 10. The minimum absolute atomic E-state index is 0.0734. The second-order valence-electron chi connectivity index (χ2n) is 30.5. The number of rotatable bonds is 13. The molecule has 0 amide bonds. The van der Waals surface area contributed by atoms with Crippen molar-refractivity contribution in [3.63, 3.8) is 0 Å². The smallest absolute Gasteiger partial charge is 0.194 e. The molecule has 594 valence electrons. The summed E-state index contributed by atoms with van der Waals surface area (Å²) in [5.41, 5.74) is 21.6. The van der Waals surface area contributed by atoms with Crippen molar-refractivity contribution in [2.24, 2.45) is 0 Å². The third-order valence-corrected chi connectivity index (χ3v) is 29.6. The molecule has 0 saturated heterocycles. The molecule has 3 N–H and O–H groups in total. The van der Waals surface area contributed by atoms with Gasteiger partial charge in [0.25, 0.3) is 0 Å². The van der Waals surface area contributed by atoms with Gasteiger partial charge in [-0.05, 0) is 195 Å². The molecule has 0 bridgehead atoms. The number of fused-ring (bicyclic) bond motifs is 10. The lowest BCUT2D eigenvalue weighted by atomic mass is 10.0. The third-order valence-electron chi connectivity index (χ3n) is 22.3. The predicted octanol–water partition coefficient (Wildman–Crippen LogP) is 22.5. The van der Waals surface area contributed by atoms with E-state index >= 15 is 0 Å². The number of nitrogens with zero attached hydrogens (tertiary/aromatic N) is 9. The average Bonchev–Trinajstić information content (AvgIpc) is 1.63. The molecule has 15 nitrogen and oxygen atoms in total. The van der Waals surface area contributed by atoms with Gasteiger partial charge in [-0.3, -0.25) is 43.8 Å². The maximum absolute atomic E-state index is 12.7. The summed E-state index contributed by atoms with van der Waals surface area (Å²) >= 11 is 12.2. The summed E-state index contributed by atoms with van der Waals surface area (Å²) in [6, 6.07) is 62.6. The van der Waals surface area contributed by atoms with Gasteiger partial charge in [-0.1, -0.05) is 187 Å². The molecular formula is C95H93IN12O3S6. The molecule has 16 aromatic rings. The number of hydrogen-bond donors (Lipinski definition) is 3. The first-order valence-corrected chi connectivity index (χ1v) is 46.6. The molecule has 7 aromatic carbocycles. The molecule has 0 aliphatic heterocycles. The van der Waals surface area contributed by atoms with E-state index in [1.807, 2.05) is 159 Å². The van der Waals surface area contributed by atoms with Crippen molar-refractivity contribution in [3.05, 3.63) is 316 Å². The molecule has 0 fully saturated rings. The van der Waals surface area contributed by atoms with Crippen LogP contribution in [0.4, 0.5) is 0 Å². The van der Waals surface area contributed by atoms with Crippen LogP contribution in [0.2, 0.25) is 0 Å². The Hall–Kier alpha value is -9.92. The van der Waals surface area contributed by atoms with Crippen LogP contribution in [0.25, 0.3) is 59.8 Å². The molecule has 21 rings (SSSR count). The molecule has 22 heteroatoms. The first-order valence-electron chi connectivity index (χ1n) is 40.5. The number of imidazole rings is 3. The molecule has 5 aliphatic rings. The van der Waals surface area contributed by atoms with Crippen molar-refractivity contribution in [1.29, 1.82) is 16.2 Å². The Bertz CT molecular complexity index is 6240. The van der Waals surface area contributed by atoms with Crippen LogP contribution in [0.5, 0.6) is 0 Å². The summed E-state index contributed by atoms with van der Waals surface area (Å²) in [5, 5.41) is 26.5. The number of thiazole rings is 6. The second-order valence-corrected chi connectivity index (χ2v) is 37.9. The lowest BCUT2D eigenvalue weighted by Crippen LogP contribution is -2.22. The summed E-state index contributed by atoms with van der Waals surface area (Å²) in [4.78, 5) is 63.5. The van der Waals surface area contributed by atoms with Gasteiger partial charge in [0.15, 0.2) is 46.6 Å². The Morgan fingerprint density at radius 2 is 0.624 bits per heavy atom. The van der Waals surface area contributed by atoms with E-state index in [0.29, 0.717) is 33.1 Å². The highest BCUT2D eigenvalue weighted by Gasteiger charge is 2.25. The number of hydrogen-bond acceptors (Lipinski definition) is 15. The average molecular weight is 1770 g/mol. The molecule has 0 unspecified atom stereocenters. The zero-order valence-electron chi connectivity index (χ0n) is 66.0. The Kier molecular flexibility index (Phi) is 25.8. The van der Waals surface area contributed by atoms with Gasteiger partial charge >= 0.3 is 0 Å². The van der Waals surface area contributed by atoms with Crippen LogP contribution in [-0.2, 0) is 83.8 Å². The number of aromatic nitrogens is 9. The zero-order valence-corrected chi connectivity index (χ0v) is 73.1. The van der Waals surface area contributed by atoms with E-state index in [9.17, 15) is 14.4 Å². The van der Waals surface area contributed by atoms with Crippen molar-refractivity contribution >= 4 is 123 Å². The van der Waals surface area contributed by atoms with Gasteiger partial charge in [0.2, 0.25) is 0 Å². The monoisotopic (exact) mass is 1770 g/mol. The minimum atomic E-state index is 0.0734. The fourth-order valence-electron chi connectivity index (χ4n) is 15.9. The highest BCUT2D eigenvalue weighted by Crippen LogP contribution is 2.36. The quantitative estimate of drug-likeness (QED) is 0.0760. The van der Waals surface area contributed by atoms with Gasteiger partial charge in [-0.25, -0.2) is 15.0 Å². The molecule has 9 aromatic heterocycles. The fraction of sp³-hybridized carbons (Fsp3) is 0.274. The Morgan fingerprint density at radius 1 is 0.333 bits per heavy atom. The number of benzene rings is 7. The van der Waals surface area contributed by atoms with Crippen LogP contribution in [0.15, 0.2) is 212 Å². The van der Waals surface area contributed by atoms with Gasteiger partial charge in [-0.15, -0.1) is 68.0 Å². The minimum Gasteiger partial charge on any atom is -0.313 e. The van der Waals surface area contributed by atoms with Crippen LogP contribution in [0, 0.1) is 40.6 Å². The van der Waals surface area contributed by atoms with E-state index in [-0.39, 0.29) is 23.9 Å². The number of halogens is 1. The lowest BCUT2D eigenvalue weighted by molar-refractivity contribution is 0.0961. The van der Waals surface area contributed by atoms with E-state index in [0.717, 1.165) is 108 Å². The summed E-state index contributed by atoms with van der Waals surface area (Å²) < 4.78 is 13.6. The van der Waals surface area contributed by atoms with Crippen LogP contribution in [0.3, 0.4) is 0 Å². The molecule has 0 saturated carbocycles. The summed E-state index contributed by atoms with van der Waals surface area (Å²) in [5.74, 6) is 0.255. The van der Waals surface area contributed by atoms with Gasteiger partial charge in [-0.2, -0.15) is 0 Å². The standard InChI is InChI=1S/C21H20N2OS.C16H18N2OS.C16H16N2S.C15H15IN2OS.C15H14N2S.C12H10N2S/c22-21-23(18-8-4-5-9-20(18)25-21)14-19(24)17-12-10-16(11-13-17)15-6-2-1-3-7-15;1-11-6-8-12(9-7-11)14(19)10-18-13-4-2-3-5-15(13)20-16(18)17;1-11-6-8-12(9-7-11)13-10-18-14-4-2-3-5-15(14)19-16(18)17-13;16-11-7-5-10(6-8-11)13(19)9-18-12-3-1-2-4-14(12)20-15(18)17;1-2-6-11(7-3-1)12-10-17-13-8-4-5-9-14(13)18-15(17)16-12;1-9-8-15-12-13-11(7-14(9)12)10-5-3-2-4-6-10/h1-3,6-7,10-13,22H,4-5,8-9,14H2;6-9,17H,2-5,10H2,1H3;6-10H,2-5H2,1H3;5-8,17H,1-4,9H2;1-3,6-7,10H,4-5,8-9H2;2-8H,1H3. The molecular weight excluding hydrogens is 1680 g/mol. The van der Waals surface area contributed by atoms with Gasteiger partial charge in [0.1, 0.15) is 0 Å². The van der Waals surface area contributed by atoms with E-state index in [1.165, 1.54) is 189 Å². The number of ketones is 3. The van der Waals surface area contributed by atoms with Crippen LogP contribution < -0.4 is 14.4 Å². The Morgan fingerprint density at radius 3 is 1.01 bits per heavy atom. The lowest BCUT2D eigenvalue weighted by Gasteiger charge is -2.14. The SMILES string of the molecule is Cc1ccc(-c2cn3c4c(sc3n2)CCCC4)cc1.Cc1ccc(C(=O)Cn2c3c(sc2=N)CCCC3)cc1.Cc1csc2nc(-c3ccccc3)cn12.N=c1sc2c(n1CC(=O)c1ccc(-c3ccccc3)cc1)CCCC2.N=c1sc2c(n1CC(=O)c1ccc(I)cc1)CCCC2.c1ccc(-c2cn3c4c(sc3n2)CCCC4)cc1.